The van der Waals surface area contributed by atoms with Crippen LogP contribution >= 0.6 is 0 Å². The van der Waals surface area contributed by atoms with Crippen molar-refractivity contribution < 1.29 is 14.4 Å². The smallest absolute Gasteiger partial charge is 0.249 e. The fourth-order valence-corrected chi connectivity index (χ4v) is 3.91. The number of rotatable bonds is 7. The number of amides is 2. The zero-order chi connectivity index (χ0) is 21.5. The minimum Gasteiger partial charge on any atom is -0.341 e. The van der Waals surface area contributed by atoms with Crippen molar-refractivity contribution in [3.8, 4) is 0 Å². The summed E-state index contributed by atoms with van der Waals surface area (Å²) in [4.78, 5) is 40.2. The van der Waals surface area contributed by atoms with Crippen LogP contribution in [0.1, 0.15) is 55.1 Å². The first-order chi connectivity index (χ1) is 14.5. The second kappa shape index (κ2) is 10.2. The van der Waals surface area contributed by atoms with Gasteiger partial charge in [-0.25, -0.2) is 0 Å². The van der Waals surface area contributed by atoms with Gasteiger partial charge in [-0.3, -0.25) is 14.4 Å². The van der Waals surface area contributed by atoms with Crippen LogP contribution in [0.25, 0.3) is 0 Å². The van der Waals surface area contributed by atoms with E-state index >= 15 is 0 Å². The van der Waals surface area contributed by atoms with E-state index < -0.39 is 6.04 Å². The van der Waals surface area contributed by atoms with Crippen molar-refractivity contribution in [1.82, 2.24) is 10.2 Å². The molecule has 2 aromatic carbocycles. The van der Waals surface area contributed by atoms with Crippen LogP contribution in [0.4, 0.5) is 0 Å². The summed E-state index contributed by atoms with van der Waals surface area (Å²) in [7, 11) is 0. The summed E-state index contributed by atoms with van der Waals surface area (Å²) in [5.41, 5.74) is 1.51. The average molecular weight is 407 g/mol. The van der Waals surface area contributed by atoms with E-state index in [2.05, 4.69) is 5.32 Å². The van der Waals surface area contributed by atoms with Gasteiger partial charge in [-0.1, -0.05) is 74.5 Å². The van der Waals surface area contributed by atoms with Crippen molar-refractivity contribution in [1.29, 1.82) is 0 Å². The molecule has 0 radical (unpaired) electrons. The third-order valence-corrected chi connectivity index (χ3v) is 5.51. The Hall–Kier alpha value is -2.95. The Balaban J connectivity index is 1.67. The third-order valence-electron chi connectivity index (χ3n) is 5.51. The molecule has 2 aromatic rings. The largest absolute Gasteiger partial charge is 0.341 e. The van der Waals surface area contributed by atoms with Crippen molar-refractivity contribution >= 4 is 17.6 Å². The first kappa shape index (κ1) is 21.8. The number of nitrogens with one attached hydrogen (secondary N) is 1. The number of hydrogen-bond donors (Lipinski definition) is 1. The first-order valence-corrected chi connectivity index (χ1v) is 10.7. The second-order valence-corrected chi connectivity index (χ2v) is 8.34. The molecule has 1 heterocycles. The van der Waals surface area contributed by atoms with Gasteiger partial charge in [-0.05, 0) is 24.3 Å². The summed E-state index contributed by atoms with van der Waals surface area (Å²) in [5.74, 6) is 0.0660. The molecule has 0 saturated carbocycles. The van der Waals surface area contributed by atoms with E-state index in [-0.39, 0.29) is 29.4 Å². The number of carbonyl (C=O) groups excluding carboxylic acids is 3. The van der Waals surface area contributed by atoms with Gasteiger partial charge in [-0.2, -0.15) is 0 Å². The van der Waals surface area contributed by atoms with E-state index in [9.17, 15) is 14.4 Å². The van der Waals surface area contributed by atoms with Crippen LogP contribution in [0.5, 0.6) is 0 Å². The van der Waals surface area contributed by atoms with Crippen molar-refractivity contribution in [2.45, 2.75) is 39.2 Å². The van der Waals surface area contributed by atoms with Gasteiger partial charge in [0, 0.05) is 31.0 Å². The maximum Gasteiger partial charge on any atom is 0.249 e. The van der Waals surface area contributed by atoms with Crippen molar-refractivity contribution in [3.05, 3.63) is 71.8 Å². The highest BCUT2D eigenvalue weighted by Crippen LogP contribution is 2.25. The van der Waals surface area contributed by atoms with Crippen LogP contribution < -0.4 is 5.32 Å². The van der Waals surface area contributed by atoms with Gasteiger partial charge < -0.3 is 10.2 Å². The quantitative estimate of drug-likeness (QED) is 0.707. The van der Waals surface area contributed by atoms with Crippen molar-refractivity contribution in [2.24, 2.45) is 11.8 Å². The number of ketones is 1. The summed E-state index contributed by atoms with van der Waals surface area (Å²) >= 11 is 0. The molecule has 1 unspecified atom stereocenters. The molecule has 3 rings (SSSR count). The number of hydrogen-bond acceptors (Lipinski definition) is 3. The Morgan fingerprint density at radius 2 is 1.50 bits per heavy atom. The number of nitrogens with zero attached hydrogens (tertiary/aromatic N) is 1. The molecule has 0 bridgehead atoms. The zero-order valence-electron chi connectivity index (χ0n) is 17.7. The minimum atomic E-state index is -0.696. The Labute approximate surface area is 178 Å². The van der Waals surface area contributed by atoms with E-state index in [1.807, 2.05) is 74.5 Å². The molecular weight excluding hydrogens is 376 g/mol. The monoisotopic (exact) mass is 406 g/mol. The molecule has 5 nitrogen and oxygen atoms in total. The number of likely N-dealkylation sites (tertiary alicyclic amines) is 1. The molecule has 30 heavy (non-hydrogen) atoms. The molecule has 0 aliphatic carbocycles. The molecule has 1 atom stereocenters. The van der Waals surface area contributed by atoms with E-state index in [1.165, 1.54) is 0 Å². The predicted molar refractivity (Wildman–Crippen MR) is 117 cm³/mol. The maximum atomic E-state index is 13.3. The molecule has 5 heteroatoms. The maximum absolute atomic E-state index is 13.3. The van der Waals surface area contributed by atoms with Gasteiger partial charge in [0.15, 0.2) is 5.78 Å². The number of piperidine rings is 1. The van der Waals surface area contributed by atoms with Gasteiger partial charge in [0.05, 0.1) is 0 Å². The molecule has 1 saturated heterocycles. The SMILES string of the molecule is CC(C)CC(=O)NC(C(=O)N1CCC(C(=O)c2ccccc2)CC1)c1ccccc1. The molecule has 1 N–H and O–H groups in total. The van der Waals surface area contributed by atoms with Crippen LogP contribution in [0.15, 0.2) is 60.7 Å². The molecular formula is C25H30N2O3. The highest BCUT2D eigenvalue weighted by molar-refractivity contribution is 5.98. The lowest BCUT2D eigenvalue weighted by atomic mass is 9.88. The fraction of sp³-hybridized carbons (Fsp3) is 0.400. The van der Waals surface area contributed by atoms with E-state index in [0.717, 1.165) is 11.1 Å². The highest BCUT2D eigenvalue weighted by Gasteiger charge is 2.32. The highest BCUT2D eigenvalue weighted by atomic mass is 16.2. The van der Waals surface area contributed by atoms with Crippen molar-refractivity contribution in [2.75, 3.05) is 13.1 Å². The number of benzene rings is 2. The van der Waals surface area contributed by atoms with Gasteiger partial charge in [0.2, 0.25) is 11.8 Å². The minimum absolute atomic E-state index is 0.0674. The van der Waals surface area contributed by atoms with E-state index in [0.29, 0.717) is 32.4 Å². The zero-order valence-corrected chi connectivity index (χ0v) is 17.7. The van der Waals surface area contributed by atoms with Crippen LogP contribution in [0.2, 0.25) is 0 Å². The predicted octanol–water partition coefficient (Wildman–Crippen LogP) is 4.01. The summed E-state index contributed by atoms with van der Waals surface area (Å²) in [6.45, 7) is 5.00. The first-order valence-electron chi connectivity index (χ1n) is 10.7. The lowest BCUT2D eigenvalue weighted by molar-refractivity contribution is -0.137. The standard InChI is InChI=1S/C25H30N2O3/c1-18(2)17-22(28)26-23(19-9-5-3-6-10-19)25(30)27-15-13-21(14-16-27)24(29)20-11-7-4-8-12-20/h3-12,18,21,23H,13-17H2,1-2H3,(H,26,28). The molecule has 0 spiro atoms. The normalized spacial score (nSPS) is 15.6. The van der Waals surface area contributed by atoms with Gasteiger partial charge in [-0.15, -0.1) is 0 Å². The second-order valence-electron chi connectivity index (χ2n) is 8.34. The molecule has 2 amide bonds. The average Bonchev–Trinajstić information content (AvgIpc) is 2.77. The van der Waals surface area contributed by atoms with Gasteiger partial charge >= 0.3 is 0 Å². The summed E-state index contributed by atoms with van der Waals surface area (Å²) in [6, 6.07) is 18.0. The molecule has 1 aliphatic rings. The molecule has 158 valence electrons. The van der Waals surface area contributed by atoms with E-state index in [4.69, 9.17) is 0 Å². The topological polar surface area (TPSA) is 66.5 Å². The lowest BCUT2D eigenvalue weighted by Gasteiger charge is -2.34. The van der Waals surface area contributed by atoms with Crippen molar-refractivity contribution in [3.63, 3.8) is 0 Å². The van der Waals surface area contributed by atoms with E-state index in [1.54, 1.807) is 4.90 Å². The third kappa shape index (κ3) is 5.56. The summed E-state index contributed by atoms with van der Waals surface area (Å²) in [6.07, 6.45) is 1.66. The molecule has 0 aromatic heterocycles. The molecule has 1 fully saturated rings. The van der Waals surface area contributed by atoms with Crippen LogP contribution in [-0.4, -0.2) is 35.6 Å². The Morgan fingerprint density at radius 3 is 2.07 bits per heavy atom. The van der Waals surface area contributed by atoms with Gasteiger partial charge in [0.1, 0.15) is 6.04 Å². The fourth-order valence-electron chi connectivity index (χ4n) is 3.91. The van der Waals surface area contributed by atoms with Crippen LogP contribution in [-0.2, 0) is 9.59 Å². The van der Waals surface area contributed by atoms with Crippen LogP contribution in [0.3, 0.4) is 0 Å². The Kier molecular flexibility index (Phi) is 7.39. The number of carbonyl (C=O) groups is 3. The lowest BCUT2D eigenvalue weighted by Crippen LogP contribution is -2.47. The number of Topliss-reactive ketones (excluding diaryl/α,β-unsaturated/α-hetero) is 1. The van der Waals surface area contributed by atoms with Crippen LogP contribution in [0, 0.1) is 11.8 Å². The Morgan fingerprint density at radius 1 is 0.933 bits per heavy atom. The Bertz CT molecular complexity index is 856. The molecule has 1 aliphatic heterocycles. The summed E-state index contributed by atoms with van der Waals surface area (Å²) in [5, 5.41) is 2.92. The van der Waals surface area contributed by atoms with Gasteiger partial charge in [0.25, 0.3) is 0 Å². The summed E-state index contributed by atoms with van der Waals surface area (Å²) < 4.78 is 0.